The maximum atomic E-state index is 12.5. The summed E-state index contributed by atoms with van der Waals surface area (Å²) < 4.78 is 38.4. The standard InChI is InChI=1S/C23H24N2O5S/c1-17-16-18(12-13-20(17)25-31(27,28)19-8-4-3-5-9-19)23(26)24-14-15-30-22-11-7-6-10-21(22)29-2/h3-13,16,25H,14-15H2,1-2H3,(H,24,26). The Kier molecular flexibility index (Phi) is 7.15. The Hall–Kier alpha value is -3.52. The number of para-hydroxylation sites is 2. The Balaban J connectivity index is 1.57. The van der Waals surface area contributed by atoms with Crippen molar-refractivity contribution in [2.75, 3.05) is 25.0 Å². The molecular weight excluding hydrogens is 416 g/mol. The number of hydrogen-bond donors (Lipinski definition) is 2. The predicted molar refractivity (Wildman–Crippen MR) is 119 cm³/mol. The van der Waals surface area contributed by atoms with Gasteiger partial charge in [0, 0.05) is 5.56 Å². The number of ether oxygens (including phenoxy) is 2. The minimum absolute atomic E-state index is 0.172. The van der Waals surface area contributed by atoms with Crippen molar-refractivity contribution in [1.82, 2.24) is 5.32 Å². The van der Waals surface area contributed by atoms with E-state index in [9.17, 15) is 13.2 Å². The second-order valence-corrected chi connectivity index (χ2v) is 8.39. The molecule has 31 heavy (non-hydrogen) atoms. The summed E-state index contributed by atoms with van der Waals surface area (Å²) in [6.45, 7) is 2.32. The summed E-state index contributed by atoms with van der Waals surface area (Å²) in [6, 6.07) is 20.2. The highest BCUT2D eigenvalue weighted by molar-refractivity contribution is 7.92. The fourth-order valence-electron chi connectivity index (χ4n) is 2.89. The fraction of sp³-hybridized carbons (Fsp3) is 0.174. The van der Waals surface area contributed by atoms with Gasteiger partial charge in [-0.1, -0.05) is 30.3 Å². The van der Waals surface area contributed by atoms with Gasteiger partial charge in [0.25, 0.3) is 15.9 Å². The molecule has 1 amide bonds. The summed E-state index contributed by atoms with van der Waals surface area (Å²) in [5.41, 5.74) is 1.48. The van der Waals surface area contributed by atoms with Gasteiger partial charge in [0.05, 0.1) is 24.2 Å². The van der Waals surface area contributed by atoms with Crippen molar-refractivity contribution >= 4 is 21.6 Å². The highest BCUT2D eigenvalue weighted by Crippen LogP contribution is 2.25. The number of amides is 1. The van der Waals surface area contributed by atoms with Crippen LogP contribution in [0.4, 0.5) is 5.69 Å². The Bertz CT molecular complexity index is 1150. The summed E-state index contributed by atoms with van der Waals surface area (Å²) in [5, 5.41) is 2.78. The van der Waals surface area contributed by atoms with Gasteiger partial charge in [0.2, 0.25) is 0 Å². The van der Waals surface area contributed by atoms with E-state index in [0.717, 1.165) is 0 Å². The number of carbonyl (C=O) groups excluding carboxylic acids is 1. The van der Waals surface area contributed by atoms with Gasteiger partial charge >= 0.3 is 0 Å². The third-order valence-corrected chi connectivity index (χ3v) is 5.88. The number of aryl methyl sites for hydroxylation is 1. The first kappa shape index (κ1) is 22.2. The Morgan fingerprint density at radius 1 is 0.935 bits per heavy atom. The van der Waals surface area contributed by atoms with Crippen molar-refractivity contribution in [3.63, 3.8) is 0 Å². The summed E-state index contributed by atoms with van der Waals surface area (Å²) in [7, 11) is -2.13. The average molecular weight is 441 g/mol. The van der Waals surface area contributed by atoms with E-state index in [-0.39, 0.29) is 17.4 Å². The molecule has 0 fully saturated rings. The van der Waals surface area contributed by atoms with Crippen LogP contribution in [0, 0.1) is 6.92 Å². The molecule has 0 bridgehead atoms. The average Bonchev–Trinajstić information content (AvgIpc) is 2.78. The molecule has 0 spiro atoms. The van der Waals surface area contributed by atoms with E-state index in [4.69, 9.17) is 9.47 Å². The number of carbonyl (C=O) groups is 1. The lowest BCUT2D eigenvalue weighted by Gasteiger charge is -2.13. The lowest BCUT2D eigenvalue weighted by Crippen LogP contribution is -2.28. The maximum absolute atomic E-state index is 12.5. The fourth-order valence-corrected chi connectivity index (χ4v) is 4.04. The lowest BCUT2D eigenvalue weighted by molar-refractivity contribution is 0.0946. The van der Waals surface area contributed by atoms with Crippen LogP contribution in [0.15, 0.2) is 77.7 Å². The number of nitrogens with one attached hydrogen (secondary N) is 2. The molecular formula is C23H24N2O5S. The van der Waals surface area contributed by atoms with Crippen LogP contribution in [0.2, 0.25) is 0 Å². The molecule has 8 heteroatoms. The Morgan fingerprint density at radius 3 is 2.29 bits per heavy atom. The van der Waals surface area contributed by atoms with Crippen molar-refractivity contribution in [1.29, 1.82) is 0 Å². The molecule has 0 aliphatic heterocycles. The molecule has 0 aliphatic carbocycles. The SMILES string of the molecule is COc1ccccc1OCCNC(=O)c1ccc(NS(=O)(=O)c2ccccc2)c(C)c1. The second kappa shape index (κ2) is 9.99. The lowest BCUT2D eigenvalue weighted by atomic mass is 10.1. The van der Waals surface area contributed by atoms with Crippen LogP contribution in [0.3, 0.4) is 0 Å². The molecule has 0 radical (unpaired) electrons. The Morgan fingerprint density at radius 2 is 1.61 bits per heavy atom. The first-order chi connectivity index (χ1) is 14.9. The molecule has 0 atom stereocenters. The number of benzene rings is 3. The van der Waals surface area contributed by atoms with Crippen LogP contribution in [0.1, 0.15) is 15.9 Å². The highest BCUT2D eigenvalue weighted by atomic mass is 32.2. The van der Waals surface area contributed by atoms with Crippen LogP contribution >= 0.6 is 0 Å². The molecule has 3 aromatic carbocycles. The van der Waals surface area contributed by atoms with Crippen LogP contribution in [-0.4, -0.2) is 34.6 Å². The normalized spacial score (nSPS) is 10.9. The van der Waals surface area contributed by atoms with Crippen molar-refractivity contribution in [3.05, 3.63) is 83.9 Å². The van der Waals surface area contributed by atoms with Crippen LogP contribution in [0.5, 0.6) is 11.5 Å². The number of hydrogen-bond acceptors (Lipinski definition) is 5. The van der Waals surface area contributed by atoms with Crippen molar-refractivity contribution in [2.24, 2.45) is 0 Å². The smallest absolute Gasteiger partial charge is 0.261 e. The van der Waals surface area contributed by atoms with Crippen molar-refractivity contribution in [3.8, 4) is 11.5 Å². The van der Waals surface area contributed by atoms with Gasteiger partial charge < -0.3 is 14.8 Å². The first-order valence-corrected chi connectivity index (χ1v) is 11.1. The van der Waals surface area contributed by atoms with Gasteiger partial charge in [-0.3, -0.25) is 9.52 Å². The first-order valence-electron chi connectivity index (χ1n) is 9.63. The summed E-state index contributed by atoms with van der Waals surface area (Å²) in [4.78, 5) is 12.6. The summed E-state index contributed by atoms with van der Waals surface area (Å²) in [5.74, 6) is 0.951. The van der Waals surface area contributed by atoms with E-state index in [1.165, 1.54) is 12.1 Å². The quantitative estimate of drug-likeness (QED) is 0.496. The topological polar surface area (TPSA) is 93.7 Å². The zero-order chi connectivity index (χ0) is 22.3. The summed E-state index contributed by atoms with van der Waals surface area (Å²) in [6.07, 6.45) is 0. The van der Waals surface area contributed by atoms with E-state index in [0.29, 0.717) is 34.9 Å². The van der Waals surface area contributed by atoms with E-state index >= 15 is 0 Å². The van der Waals surface area contributed by atoms with Gasteiger partial charge in [-0.25, -0.2) is 8.42 Å². The molecule has 162 valence electrons. The molecule has 2 N–H and O–H groups in total. The van der Waals surface area contributed by atoms with Crippen molar-refractivity contribution in [2.45, 2.75) is 11.8 Å². The van der Waals surface area contributed by atoms with E-state index in [1.54, 1.807) is 62.6 Å². The Labute approximate surface area is 182 Å². The number of methoxy groups -OCH3 is 1. The van der Waals surface area contributed by atoms with Gasteiger partial charge in [-0.15, -0.1) is 0 Å². The number of rotatable bonds is 9. The number of sulfonamides is 1. The third-order valence-electron chi connectivity index (χ3n) is 4.50. The zero-order valence-electron chi connectivity index (χ0n) is 17.3. The van der Waals surface area contributed by atoms with Crippen LogP contribution in [-0.2, 0) is 10.0 Å². The highest BCUT2D eigenvalue weighted by Gasteiger charge is 2.15. The number of anilines is 1. The second-order valence-electron chi connectivity index (χ2n) is 6.70. The van der Waals surface area contributed by atoms with Crippen LogP contribution in [0.25, 0.3) is 0 Å². The molecule has 0 aromatic heterocycles. The molecule has 0 saturated carbocycles. The van der Waals surface area contributed by atoms with Crippen molar-refractivity contribution < 1.29 is 22.7 Å². The van der Waals surface area contributed by atoms with Gasteiger partial charge in [-0.2, -0.15) is 0 Å². The molecule has 0 unspecified atom stereocenters. The van der Waals surface area contributed by atoms with E-state index in [1.807, 2.05) is 12.1 Å². The minimum Gasteiger partial charge on any atom is -0.493 e. The summed E-state index contributed by atoms with van der Waals surface area (Å²) >= 11 is 0. The van der Waals surface area contributed by atoms with E-state index < -0.39 is 10.0 Å². The van der Waals surface area contributed by atoms with Crippen LogP contribution < -0.4 is 19.5 Å². The van der Waals surface area contributed by atoms with Gasteiger partial charge in [0.15, 0.2) is 11.5 Å². The monoisotopic (exact) mass is 440 g/mol. The maximum Gasteiger partial charge on any atom is 0.261 e. The van der Waals surface area contributed by atoms with Gasteiger partial charge in [0.1, 0.15) is 6.61 Å². The molecule has 3 rings (SSSR count). The third kappa shape index (κ3) is 5.76. The zero-order valence-corrected chi connectivity index (χ0v) is 18.1. The minimum atomic E-state index is -3.70. The largest absolute Gasteiger partial charge is 0.493 e. The van der Waals surface area contributed by atoms with Gasteiger partial charge in [-0.05, 0) is 55.0 Å². The molecule has 7 nitrogen and oxygen atoms in total. The molecule has 0 saturated heterocycles. The molecule has 0 heterocycles. The molecule has 3 aromatic rings. The molecule has 0 aliphatic rings. The van der Waals surface area contributed by atoms with E-state index in [2.05, 4.69) is 10.0 Å². The predicted octanol–water partition coefficient (Wildman–Crippen LogP) is 3.61.